The van der Waals surface area contributed by atoms with Gasteiger partial charge in [-0.2, -0.15) is 0 Å². The molecule has 0 aromatic carbocycles. The number of thioether (sulfide) groups is 1. The van der Waals surface area contributed by atoms with Gasteiger partial charge in [0.15, 0.2) is 5.16 Å². The number of nitrogens with zero attached hydrogens (tertiary/aromatic N) is 2. The number of fused-ring (bicyclic) bond motifs is 1. The Labute approximate surface area is 92.4 Å². The minimum atomic E-state index is 0.475. The zero-order valence-corrected chi connectivity index (χ0v) is 9.79. The Balaban J connectivity index is 2.79. The predicted octanol–water partition coefficient (Wildman–Crippen LogP) is 3.10. The molecule has 0 radical (unpaired) electrons. The molecule has 0 saturated heterocycles. The van der Waals surface area contributed by atoms with E-state index in [1.807, 2.05) is 6.26 Å². The van der Waals surface area contributed by atoms with Gasteiger partial charge < -0.3 is 4.98 Å². The molecule has 68 valence electrons. The first-order chi connectivity index (χ1) is 6.22. The third-order valence-corrected chi connectivity index (χ3v) is 3.05. The van der Waals surface area contributed by atoms with Gasteiger partial charge in [-0.25, -0.2) is 9.97 Å². The summed E-state index contributed by atoms with van der Waals surface area (Å²) in [7, 11) is 0. The number of aromatic amines is 1. The average molecular weight is 279 g/mol. The molecule has 1 N–H and O–H groups in total. The Kier molecular flexibility index (Phi) is 2.49. The van der Waals surface area contributed by atoms with Crippen molar-refractivity contribution >= 4 is 50.3 Å². The van der Waals surface area contributed by atoms with Crippen molar-refractivity contribution in [2.24, 2.45) is 0 Å². The van der Waals surface area contributed by atoms with Gasteiger partial charge in [0.25, 0.3) is 0 Å². The van der Waals surface area contributed by atoms with Crippen molar-refractivity contribution in [3.63, 3.8) is 0 Å². The van der Waals surface area contributed by atoms with Crippen molar-refractivity contribution < 1.29 is 0 Å². The van der Waals surface area contributed by atoms with E-state index in [0.717, 1.165) is 15.5 Å². The number of rotatable bonds is 1. The number of halogens is 2. The first-order valence-corrected chi connectivity index (χ1v) is 5.86. The molecule has 6 heteroatoms. The van der Waals surface area contributed by atoms with Crippen LogP contribution in [0.1, 0.15) is 0 Å². The van der Waals surface area contributed by atoms with Gasteiger partial charge in [-0.3, -0.25) is 0 Å². The van der Waals surface area contributed by atoms with E-state index < -0.39 is 0 Å². The van der Waals surface area contributed by atoms with Crippen molar-refractivity contribution in [1.29, 1.82) is 0 Å². The normalized spacial score (nSPS) is 11.0. The average Bonchev–Trinajstić information content (AvgIpc) is 2.48. The second kappa shape index (κ2) is 3.48. The minimum absolute atomic E-state index is 0.475. The van der Waals surface area contributed by atoms with Crippen LogP contribution in [0.3, 0.4) is 0 Å². The Morgan fingerprint density at radius 1 is 1.54 bits per heavy atom. The molecule has 0 fully saturated rings. The van der Waals surface area contributed by atoms with E-state index in [2.05, 4.69) is 30.9 Å². The molecule has 2 rings (SSSR count). The van der Waals surface area contributed by atoms with Crippen LogP contribution in [0.4, 0.5) is 0 Å². The van der Waals surface area contributed by atoms with Crippen LogP contribution in [-0.2, 0) is 0 Å². The van der Waals surface area contributed by atoms with Crippen LogP contribution < -0.4 is 0 Å². The van der Waals surface area contributed by atoms with Crippen molar-refractivity contribution in [3.8, 4) is 0 Å². The summed E-state index contributed by atoms with van der Waals surface area (Å²) in [5.41, 5.74) is 0.760. The molecule has 0 aliphatic heterocycles. The highest BCUT2D eigenvalue weighted by Crippen LogP contribution is 2.29. The van der Waals surface area contributed by atoms with Gasteiger partial charge in [-0.05, 0) is 22.2 Å². The summed E-state index contributed by atoms with van der Waals surface area (Å²) in [4.78, 5) is 11.4. The van der Waals surface area contributed by atoms with Crippen molar-refractivity contribution in [1.82, 2.24) is 15.0 Å². The molecule has 0 saturated carbocycles. The highest BCUT2D eigenvalue weighted by atomic mass is 79.9. The lowest BCUT2D eigenvalue weighted by Crippen LogP contribution is -1.87. The van der Waals surface area contributed by atoms with E-state index in [1.165, 1.54) is 11.8 Å². The minimum Gasteiger partial charge on any atom is -0.345 e. The third-order valence-electron chi connectivity index (χ3n) is 1.60. The molecule has 0 amide bonds. The molecule has 2 heterocycles. The second-order valence-electron chi connectivity index (χ2n) is 2.36. The Morgan fingerprint density at radius 3 is 3.00 bits per heavy atom. The molecule has 2 aromatic heterocycles. The summed E-state index contributed by atoms with van der Waals surface area (Å²) in [5, 5.41) is 1.98. The number of H-pyrrole nitrogens is 1. The van der Waals surface area contributed by atoms with Crippen LogP contribution in [0, 0.1) is 0 Å². The lowest BCUT2D eigenvalue weighted by atomic mass is 10.4. The largest absolute Gasteiger partial charge is 0.345 e. The smallest absolute Gasteiger partial charge is 0.190 e. The molecule has 0 bridgehead atoms. The summed E-state index contributed by atoms with van der Waals surface area (Å²) in [6.45, 7) is 0. The lowest BCUT2D eigenvalue weighted by Gasteiger charge is -1.97. The number of aromatic nitrogens is 3. The Morgan fingerprint density at radius 2 is 2.31 bits per heavy atom. The van der Waals surface area contributed by atoms with Gasteiger partial charge >= 0.3 is 0 Å². The molecule has 2 aromatic rings. The predicted molar refractivity (Wildman–Crippen MR) is 58.4 cm³/mol. The quantitative estimate of drug-likeness (QED) is 0.495. The first kappa shape index (κ1) is 9.30. The molecule has 0 aliphatic rings. The summed E-state index contributed by atoms with van der Waals surface area (Å²) < 4.78 is 0.889. The standard InChI is InChI=1S/C7H5BrClN3S/c1-13-7-11-5(9)4-3(8)2-10-6(4)12-7/h2H,1H3,(H,10,11,12). The zero-order chi connectivity index (χ0) is 9.42. The van der Waals surface area contributed by atoms with Crippen LogP contribution in [0.2, 0.25) is 5.15 Å². The summed E-state index contributed by atoms with van der Waals surface area (Å²) in [6, 6.07) is 0. The highest BCUT2D eigenvalue weighted by Gasteiger charge is 2.09. The van der Waals surface area contributed by atoms with E-state index in [9.17, 15) is 0 Å². The van der Waals surface area contributed by atoms with Crippen LogP contribution >= 0.6 is 39.3 Å². The van der Waals surface area contributed by atoms with Crippen LogP contribution in [0.15, 0.2) is 15.8 Å². The molecule has 13 heavy (non-hydrogen) atoms. The number of hydrogen-bond acceptors (Lipinski definition) is 3. The summed E-state index contributed by atoms with van der Waals surface area (Å²) in [6.07, 6.45) is 3.71. The summed E-state index contributed by atoms with van der Waals surface area (Å²) in [5.74, 6) is 0. The van der Waals surface area contributed by atoms with Crippen LogP contribution in [0.5, 0.6) is 0 Å². The lowest BCUT2D eigenvalue weighted by molar-refractivity contribution is 0.999. The topological polar surface area (TPSA) is 41.6 Å². The molecule has 0 unspecified atom stereocenters. The first-order valence-electron chi connectivity index (χ1n) is 3.46. The van der Waals surface area contributed by atoms with Crippen LogP contribution in [-0.4, -0.2) is 21.2 Å². The molecule has 0 atom stereocenters. The van der Waals surface area contributed by atoms with E-state index in [0.29, 0.717) is 10.3 Å². The maximum absolute atomic E-state index is 5.97. The van der Waals surface area contributed by atoms with E-state index in [1.54, 1.807) is 6.20 Å². The summed E-state index contributed by atoms with van der Waals surface area (Å²) >= 11 is 10.8. The fraction of sp³-hybridized carbons (Fsp3) is 0.143. The van der Waals surface area contributed by atoms with Crippen molar-refractivity contribution in [3.05, 3.63) is 15.8 Å². The van der Waals surface area contributed by atoms with Gasteiger partial charge in [0, 0.05) is 10.7 Å². The third kappa shape index (κ3) is 1.56. The molecular weight excluding hydrogens is 274 g/mol. The van der Waals surface area contributed by atoms with E-state index >= 15 is 0 Å². The van der Waals surface area contributed by atoms with E-state index in [-0.39, 0.29) is 0 Å². The fourth-order valence-corrected chi connectivity index (χ4v) is 2.32. The number of hydrogen-bond donors (Lipinski definition) is 1. The maximum atomic E-state index is 5.97. The molecule has 0 spiro atoms. The van der Waals surface area contributed by atoms with Crippen LogP contribution in [0.25, 0.3) is 11.0 Å². The second-order valence-corrected chi connectivity index (χ2v) is 4.35. The Hall–Kier alpha value is -0.260. The number of nitrogens with one attached hydrogen (secondary N) is 1. The van der Waals surface area contributed by atoms with Gasteiger partial charge in [-0.15, -0.1) is 0 Å². The van der Waals surface area contributed by atoms with Crippen molar-refractivity contribution in [2.45, 2.75) is 5.16 Å². The van der Waals surface area contributed by atoms with Gasteiger partial charge in [-0.1, -0.05) is 23.4 Å². The van der Waals surface area contributed by atoms with E-state index in [4.69, 9.17) is 11.6 Å². The van der Waals surface area contributed by atoms with Crippen molar-refractivity contribution in [2.75, 3.05) is 6.26 Å². The maximum Gasteiger partial charge on any atom is 0.190 e. The molecule has 3 nitrogen and oxygen atoms in total. The fourth-order valence-electron chi connectivity index (χ4n) is 1.03. The molecular formula is C7H5BrClN3S. The highest BCUT2D eigenvalue weighted by molar-refractivity contribution is 9.10. The van der Waals surface area contributed by atoms with Gasteiger partial charge in [0.1, 0.15) is 10.8 Å². The SMILES string of the molecule is CSc1nc(Cl)c2c(Br)c[nH]c2n1. The van der Waals surface area contributed by atoms with Gasteiger partial charge in [0.2, 0.25) is 0 Å². The zero-order valence-electron chi connectivity index (χ0n) is 6.64. The monoisotopic (exact) mass is 277 g/mol. The van der Waals surface area contributed by atoms with Gasteiger partial charge in [0.05, 0.1) is 5.39 Å². The Bertz CT molecular complexity index is 456. The molecule has 0 aliphatic carbocycles.